The lowest BCUT2D eigenvalue weighted by molar-refractivity contribution is 0.248. The monoisotopic (exact) mass is 213 g/mol. The fourth-order valence-electron chi connectivity index (χ4n) is 2.42. The quantitative estimate of drug-likeness (QED) is 0.735. The van der Waals surface area contributed by atoms with Crippen LogP contribution in [0.3, 0.4) is 0 Å². The predicted molar refractivity (Wildman–Crippen MR) is 65.9 cm³/mol. The molecule has 0 amide bonds. The van der Waals surface area contributed by atoms with Crippen LogP contribution in [0.2, 0.25) is 0 Å². The Labute approximate surface area is 94.6 Å². The summed E-state index contributed by atoms with van der Waals surface area (Å²) in [5.41, 5.74) is 5.63. The van der Waals surface area contributed by atoms with Crippen LogP contribution in [-0.4, -0.2) is 56.1 Å². The molecule has 0 aromatic heterocycles. The lowest BCUT2D eigenvalue weighted by atomic mass is 10.1. The Bertz CT molecular complexity index is 182. The van der Waals surface area contributed by atoms with Crippen LogP contribution >= 0.6 is 0 Å². The van der Waals surface area contributed by atoms with Gasteiger partial charge in [0.1, 0.15) is 0 Å². The van der Waals surface area contributed by atoms with Crippen LogP contribution in [0.15, 0.2) is 0 Å². The summed E-state index contributed by atoms with van der Waals surface area (Å²) in [7, 11) is 4.38. The van der Waals surface area contributed by atoms with Crippen LogP contribution in [-0.2, 0) is 0 Å². The molecule has 3 nitrogen and oxygen atoms in total. The second kappa shape index (κ2) is 5.83. The van der Waals surface area contributed by atoms with Crippen LogP contribution in [0.5, 0.6) is 0 Å². The first-order valence-electron chi connectivity index (χ1n) is 6.13. The van der Waals surface area contributed by atoms with Gasteiger partial charge in [0, 0.05) is 19.1 Å². The van der Waals surface area contributed by atoms with Gasteiger partial charge in [0.15, 0.2) is 0 Å². The Morgan fingerprint density at radius 3 is 2.53 bits per heavy atom. The molecule has 0 spiro atoms. The number of rotatable bonds is 5. The summed E-state index contributed by atoms with van der Waals surface area (Å²) < 4.78 is 0. The average molecular weight is 213 g/mol. The SMILES string of the molecule is CC(CN)CCN1CC(C)C(N(C)C)C1. The normalized spacial score (nSPS) is 30.0. The molecule has 0 aromatic carbocycles. The molecule has 15 heavy (non-hydrogen) atoms. The second-order valence-corrected chi connectivity index (χ2v) is 5.40. The predicted octanol–water partition coefficient (Wildman–Crippen LogP) is 0.853. The highest BCUT2D eigenvalue weighted by Crippen LogP contribution is 2.20. The van der Waals surface area contributed by atoms with Gasteiger partial charge in [-0.1, -0.05) is 13.8 Å². The van der Waals surface area contributed by atoms with E-state index in [1.807, 2.05) is 0 Å². The molecule has 0 saturated carbocycles. The molecular weight excluding hydrogens is 186 g/mol. The van der Waals surface area contributed by atoms with Gasteiger partial charge in [-0.25, -0.2) is 0 Å². The van der Waals surface area contributed by atoms with Crippen LogP contribution in [0.4, 0.5) is 0 Å². The number of likely N-dealkylation sites (tertiary alicyclic amines) is 1. The van der Waals surface area contributed by atoms with Gasteiger partial charge >= 0.3 is 0 Å². The highest BCUT2D eigenvalue weighted by Gasteiger charge is 2.30. The molecule has 0 aromatic rings. The lowest BCUT2D eigenvalue weighted by Gasteiger charge is -2.22. The highest BCUT2D eigenvalue weighted by atomic mass is 15.2. The van der Waals surface area contributed by atoms with Gasteiger partial charge in [-0.05, 0) is 45.4 Å². The number of nitrogens with zero attached hydrogens (tertiary/aromatic N) is 2. The maximum Gasteiger partial charge on any atom is 0.0254 e. The molecule has 90 valence electrons. The Balaban J connectivity index is 2.29. The molecule has 1 saturated heterocycles. The first-order valence-corrected chi connectivity index (χ1v) is 6.13. The molecule has 1 aliphatic heterocycles. The zero-order valence-electron chi connectivity index (χ0n) is 10.7. The zero-order chi connectivity index (χ0) is 11.4. The van der Waals surface area contributed by atoms with E-state index in [4.69, 9.17) is 5.73 Å². The van der Waals surface area contributed by atoms with Crippen molar-refractivity contribution in [3.8, 4) is 0 Å². The van der Waals surface area contributed by atoms with Crippen LogP contribution < -0.4 is 5.73 Å². The van der Waals surface area contributed by atoms with Crippen molar-refractivity contribution in [2.24, 2.45) is 17.6 Å². The fraction of sp³-hybridized carbons (Fsp3) is 1.00. The minimum absolute atomic E-state index is 0.665. The molecule has 0 bridgehead atoms. The largest absolute Gasteiger partial charge is 0.330 e. The van der Waals surface area contributed by atoms with E-state index in [2.05, 4.69) is 37.7 Å². The lowest BCUT2D eigenvalue weighted by Crippen LogP contribution is -2.34. The van der Waals surface area contributed by atoms with Crippen molar-refractivity contribution >= 4 is 0 Å². The van der Waals surface area contributed by atoms with E-state index in [1.54, 1.807) is 0 Å². The Hall–Kier alpha value is -0.120. The molecule has 0 radical (unpaired) electrons. The van der Waals surface area contributed by atoms with Crippen LogP contribution in [0.25, 0.3) is 0 Å². The number of likely N-dealkylation sites (N-methyl/N-ethyl adjacent to an activating group) is 1. The van der Waals surface area contributed by atoms with Crippen molar-refractivity contribution in [3.05, 3.63) is 0 Å². The summed E-state index contributed by atoms with van der Waals surface area (Å²) in [6.07, 6.45) is 1.24. The highest BCUT2D eigenvalue weighted by molar-refractivity contribution is 4.86. The summed E-state index contributed by atoms with van der Waals surface area (Å²) in [4.78, 5) is 4.94. The van der Waals surface area contributed by atoms with E-state index >= 15 is 0 Å². The minimum Gasteiger partial charge on any atom is -0.330 e. The number of hydrogen-bond acceptors (Lipinski definition) is 3. The van der Waals surface area contributed by atoms with E-state index in [0.717, 1.165) is 18.5 Å². The smallest absolute Gasteiger partial charge is 0.0254 e. The van der Waals surface area contributed by atoms with Crippen molar-refractivity contribution in [3.63, 3.8) is 0 Å². The molecule has 3 unspecified atom stereocenters. The van der Waals surface area contributed by atoms with Gasteiger partial charge in [0.25, 0.3) is 0 Å². The van der Waals surface area contributed by atoms with Crippen molar-refractivity contribution in [2.45, 2.75) is 26.3 Å². The summed E-state index contributed by atoms with van der Waals surface area (Å²) >= 11 is 0. The molecule has 0 aliphatic carbocycles. The molecule has 1 fully saturated rings. The third kappa shape index (κ3) is 3.74. The maximum absolute atomic E-state index is 5.63. The molecule has 1 rings (SSSR count). The first-order chi connectivity index (χ1) is 7.04. The standard InChI is InChI=1S/C12H27N3/c1-10(7-13)5-6-15-8-11(2)12(9-15)14(3)4/h10-12H,5-9,13H2,1-4H3. The van der Waals surface area contributed by atoms with Gasteiger partial charge in [0.05, 0.1) is 0 Å². The van der Waals surface area contributed by atoms with Gasteiger partial charge in [0.2, 0.25) is 0 Å². The zero-order valence-corrected chi connectivity index (χ0v) is 10.7. The van der Waals surface area contributed by atoms with E-state index < -0.39 is 0 Å². The van der Waals surface area contributed by atoms with E-state index in [1.165, 1.54) is 26.1 Å². The first kappa shape index (κ1) is 12.9. The summed E-state index contributed by atoms with van der Waals surface area (Å²) in [5.74, 6) is 1.46. The van der Waals surface area contributed by atoms with Crippen molar-refractivity contribution in [2.75, 3.05) is 40.3 Å². The minimum atomic E-state index is 0.665. The Kier molecular flexibility index (Phi) is 5.03. The number of nitrogens with two attached hydrogens (primary N) is 1. The molecule has 2 N–H and O–H groups in total. The van der Waals surface area contributed by atoms with E-state index in [0.29, 0.717) is 5.92 Å². The Morgan fingerprint density at radius 2 is 2.07 bits per heavy atom. The van der Waals surface area contributed by atoms with Gasteiger partial charge in [-0.2, -0.15) is 0 Å². The number of hydrogen-bond donors (Lipinski definition) is 1. The van der Waals surface area contributed by atoms with Crippen LogP contribution in [0, 0.1) is 11.8 Å². The molecule has 3 heteroatoms. The van der Waals surface area contributed by atoms with Crippen molar-refractivity contribution < 1.29 is 0 Å². The summed E-state index contributed by atoms with van der Waals surface area (Å²) in [5, 5.41) is 0. The average Bonchev–Trinajstić information content (AvgIpc) is 2.56. The molecule has 1 aliphatic rings. The molecule has 1 heterocycles. The Morgan fingerprint density at radius 1 is 1.40 bits per heavy atom. The second-order valence-electron chi connectivity index (χ2n) is 5.40. The summed E-state index contributed by atoms with van der Waals surface area (Å²) in [6, 6.07) is 0.734. The van der Waals surface area contributed by atoms with Gasteiger partial charge in [-0.15, -0.1) is 0 Å². The molecular formula is C12H27N3. The summed E-state index contributed by atoms with van der Waals surface area (Å²) in [6.45, 7) is 9.11. The van der Waals surface area contributed by atoms with Crippen molar-refractivity contribution in [1.82, 2.24) is 9.80 Å². The molecule has 3 atom stereocenters. The van der Waals surface area contributed by atoms with Gasteiger partial charge < -0.3 is 15.5 Å². The topological polar surface area (TPSA) is 32.5 Å². The van der Waals surface area contributed by atoms with Gasteiger partial charge in [-0.3, -0.25) is 0 Å². The fourth-order valence-corrected chi connectivity index (χ4v) is 2.42. The maximum atomic E-state index is 5.63. The van der Waals surface area contributed by atoms with E-state index in [-0.39, 0.29) is 0 Å². The third-order valence-corrected chi connectivity index (χ3v) is 3.65. The van der Waals surface area contributed by atoms with Crippen molar-refractivity contribution in [1.29, 1.82) is 0 Å². The third-order valence-electron chi connectivity index (χ3n) is 3.65. The van der Waals surface area contributed by atoms with Crippen LogP contribution in [0.1, 0.15) is 20.3 Å². The van der Waals surface area contributed by atoms with E-state index in [9.17, 15) is 0 Å².